The summed E-state index contributed by atoms with van der Waals surface area (Å²) in [4.78, 5) is 30.9. The molecule has 0 aromatic rings. The zero-order chi connectivity index (χ0) is 37.5. The van der Waals surface area contributed by atoms with Crippen LogP contribution < -0.4 is 5.32 Å². The second-order valence-corrected chi connectivity index (χ2v) is 17.0. The van der Waals surface area contributed by atoms with E-state index >= 15 is 0 Å². The summed E-state index contributed by atoms with van der Waals surface area (Å²) in [7, 11) is -4.68. The highest BCUT2D eigenvalue weighted by molar-refractivity contribution is 7.46. The van der Waals surface area contributed by atoms with Crippen molar-refractivity contribution >= 4 is 13.7 Å². The molecule has 2 atom stereocenters. The fourth-order valence-electron chi connectivity index (χ4n) is 7.17. The van der Waals surface area contributed by atoms with Crippen molar-refractivity contribution in [2.75, 3.05) is 6.61 Å². The molecule has 0 spiro atoms. The van der Waals surface area contributed by atoms with E-state index in [1.165, 1.54) is 186 Å². The van der Waals surface area contributed by atoms with Crippen LogP contribution in [0, 0.1) is 0 Å². The Hall–Kier alpha value is -0.460. The molecule has 0 saturated carbocycles. The minimum atomic E-state index is -4.68. The summed E-state index contributed by atoms with van der Waals surface area (Å²) in [6.07, 6.45) is 45.4. The first-order valence-corrected chi connectivity index (χ1v) is 24.0. The number of amides is 1. The lowest BCUT2D eigenvalue weighted by Crippen LogP contribution is -2.46. The van der Waals surface area contributed by atoms with Gasteiger partial charge in [0.25, 0.3) is 0 Å². The maximum Gasteiger partial charge on any atom is 0.469 e. The van der Waals surface area contributed by atoms with E-state index in [4.69, 9.17) is 9.79 Å². The zero-order valence-electron chi connectivity index (χ0n) is 34.0. The van der Waals surface area contributed by atoms with Gasteiger partial charge in [0.2, 0.25) is 5.91 Å². The lowest BCUT2D eigenvalue weighted by atomic mass is 10.0. The molecule has 0 aliphatic heterocycles. The third kappa shape index (κ3) is 40.6. The number of hydrogen-bond acceptors (Lipinski definition) is 4. The number of phosphoric acid groups is 1. The van der Waals surface area contributed by atoms with Gasteiger partial charge < -0.3 is 20.2 Å². The van der Waals surface area contributed by atoms with Gasteiger partial charge in [-0.15, -0.1) is 0 Å². The Labute approximate surface area is 317 Å². The van der Waals surface area contributed by atoms with E-state index in [-0.39, 0.29) is 5.91 Å². The lowest BCUT2D eigenvalue weighted by molar-refractivity contribution is -0.123. The van der Waals surface area contributed by atoms with E-state index in [2.05, 4.69) is 23.7 Å². The molecule has 1 amide bonds. The molecule has 0 heterocycles. The maximum atomic E-state index is 12.6. The number of phosphoric ester groups is 1. The third-order valence-corrected chi connectivity index (χ3v) is 11.1. The molecule has 306 valence electrons. The number of nitrogens with one attached hydrogen (secondary N) is 1. The lowest BCUT2D eigenvalue weighted by Gasteiger charge is -2.24. The van der Waals surface area contributed by atoms with E-state index in [0.29, 0.717) is 12.8 Å². The highest BCUT2D eigenvalue weighted by atomic mass is 31.2. The van der Waals surface area contributed by atoms with Crippen molar-refractivity contribution in [2.45, 2.75) is 264 Å². The van der Waals surface area contributed by atoms with Gasteiger partial charge in [0.15, 0.2) is 0 Å². The van der Waals surface area contributed by atoms with E-state index in [1.807, 2.05) is 0 Å². The van der Waals surface area contributed by atoms with Crippen molar-refractivity contribution in [2.24, 2.45) is 0 Å². The highest BCUT2D eigenvalue weighted by Gasteiger charge is 2.25. The predicted molar refractivity (Wildman–Crippen MR) is 218 cm³/mol. The topological polar surface area (TPSA) is 116 Å². The molecule has 0 radical (unpaired) electrons. The molecule has 4 N–H and O–H groups in total. The third-order valence-electron chi connectivity index (χ3n) is 10.6. The van der Waals surface area contributed by atoms with Gasteiger partial charge in [-0.2, -0.15) is 0 Å². The largest absolute Gasteiger partial charge is 0.469 e. The fraction of sp³-hybridized carbons (Fsp3) is 0.977. The fourth-order valence-corrected chi connectivity index (χ4v) is 7.53. The van der Waals surface area contributed by atoms with Crippen LogP contribution in [-0.2, 0) is 13.9 Å². The van der Waals surface area contributed by atoms with Gasteiger partial charge in [0.05, 0.1) is 18.8 Å². The molecular formula is C43H88NO6P. The average molecular weight is 746 g/mol. The van der Waals surface area contributed by atoms with Crippen molar-refractivity contribution in [1.82, 2.24) is 5.32 Å². The molecular weight excluding hydrogens is 657 g/mol. The van der Waals surface area contributed by atoms with Crippen molar-refractivity contribution in [3.63, 3.8) is 0 Å². The Morgan fingerprint density at radius 1 is 0.490 bits per heavy atom. The van der Waals surface area contributed by atoms with Crippen LogP contribution in [0.15, 0.2) is 0 Å². The first-order chi connectivity index (χ1) is 24.8. The zero-order valence-corrected chi connectivity index (χ0v) is 34.9. The first-order valence-electron chi connectivity index (χ1n) is 22.5. The van der Waals surface area contributed by atoms with Gasteiger partial charge in [0.1, 0.15) is 0 Å². The number of carbonyl (C=O) groups excluding carboxylic acids is 1. The second-order valence-electron chi connectivity index (χ2n) is 15.7. The van der Waals surface area contributed by atoms with Crippen molar-refractivity contribution in [3.8, 4) is 0 Å². The van der Waals surface area contributed by atoms with Gasteiger partial charge in [0, 0.05) is 6.42 Å². The number of rotatable bonds is 42. The van der Waals surface area contributed by atoms with Crippen LogP contribution in [0.25, 0.3) is 0 Å². The average Bonchev–Trinajstić information content (AvgIpc) is 3.10. The van der Waals surface area contributed by atoms with Gasteiger partial charge in [-0.1, -0.05) is 232 Å². The molecule has 0 saturated heterocycles. The van der Waals surface area contributed by atoms with Gasteiger partial charge in [-0.3, -0.25) is 9.32 Å². The van der Waals surface area contributed by atoms with E-state index in [0.717, 1.165) is 38.5 Å². The van der Waals surface area contributed by atoms with Crippen LogP contribution >= 0.6 is 7.82 Å². The van der Waals surface area contributed by atoms with Crippen molar-refractivity contribution < 1.29 is 28.8 Å². The summed E-state index contributed by atoms with van der Waals surface area (Å²) in [5.74, 6) is -0.189. The molecule has 0 aromatic heterocycles. The molecule has 0 aliphatic carbocycles. The van der Waals surface area contributed by atoms with Crippen LogP contribution in [0.2, 0.25) is 0 Å². The summed E-state index contributed by atoms with van der Waals surface area (Å²) in [5, 5.41) is 13.5. The summed E-state index contributed by atoms with van der Waals surface area (Å²) < 4.78 is 15.9. The SMILES string of the molecule is CCCCCCCCCCCCCCCCCCCCCCCCCCCC(=O)N[C@@H](COP(=O)(O)O)[C@H](O)CCCCCCCCCCCC. The van der Waals surface area contributed by atoms with Crippen LogP contribution in [0.4, 0.5) is 0 Å². The minimum Gasteiger partial charge on any atom is -0.391 e. The van der Waals surface area contributed by atoms with E-state index in [1.54, 1.807) is 0 Å². The van der Waals surface area contributed by atoms with E-state index in [9.17, 15) is 14.5 Å². The summed E-state index contributed by atoms with van der Waals surface area (Å²) in [5.41, 5.74) is 0. The van der Waals surface area contributed by atoms with E-state index < -0.39 is 26.6 Å². The number of hydrogen-bond donors (Lipinski definition) is 4. The normalized spacial score (nSPS) is 13.1. The number of aliphatic hydroxyl groups is 1. The van der Waals surface area contributed by atoms with Gasteiger partial charge >= 0.3 is 7.82 Å². The van der Waals surface area contributed by atoms with Crippen molar-refractivity contribution in [3.05, 3.63) is 0 Å². The molecule has 51 heavy (non-hydrogen) atoms. The van der Waals surface area contributed by atoms with Crippen molar-refractivity contribution in [1.29, 1.82) is 0 Å². The number of aliphatic hydroxyl groups excluding tert-OH is 1. The summed E-state index contributed by atoms with van der Waals surface area (Å²) in [6.45, 7) is 4.12. The second kappa shape index (κ2) is 39.2. The predicted octanol–water partition coefficient (Wildman–Crippen LogP) is 13.4. The van der Waals surface area contributed by atoms with Crippen LogP contribution in [-0.4, -0.2) is 39.6 Å². The Balaban J connectivity index is 3.70. The number of unbranched alkanes of at least 4 members (excludes halogenated alkanes) is 33. The molecule has 0 unspecified atom stereocenters. The summed E-state index contributed by atoms with van der Waals surface area (Å²) >= 11 is 0. The molecule has 7 nitrogen and oxygen atoms in total. The standard InChI is InChI=1S/C43H88NO6P/c1-3-5-7-9-11-13-15-16-17-18-19-20-21-22-23-24-25-26-27-28-29-31-33-35-37-39-43(46)44-41(40-50-51(47,48)49)42(45)38-36-34-32-30-14-12-10-8-6-4-2/h41-42,45H,3-40H2,1-2H3,(H,44,46)(H2,47,48,49)/t41-,42+/m0/s1. The molecule has 0 fully saturated rings. The van der Waals surface area contributed by atoms with Crippen LogP contribution in [0.5, 0.6) is 0 Å². The smallest absolute Gasteiger partial charge is 0.391 e. The molecule has 0 aromatic carbocycles. The molecule has 0 aliphatic rings. The van der Waals surface area contributed by atoms with Crippen LogP contribution in [0.3, 0.4) is 0 Å². The Morgan fingerprint density at radius 3 is 1.06 bits per heavy atom. The van der Waals surface area contributed by atoms with Crippen LogP contribution in [0.1, 0.15) is 251 Å². The Morgan fingerprint density at radius 2 is 0.765 bits per heavy atom. The van der Waals surface area contributed by atoms with Gasteiger partial charge in [-0.25, -0.2) is 4.57 Å². The Bertz CT molecular complexity index is 763. The molecule has 0 bridgehead atoms. The first kappa shape index (κ1) is 50.5. The Kier molecular flexibility index (Phi) is 38.9. The quantitative estimate of drug-likeness (QED) is 0.0365. The molecule has 0 rings (SSSR count). The maximum absolute atomic E-state index is 12.6. The molecule has 8 heteroatoms. The monoisotopic (exact) mass is 746 g/mol. The minimum absolute atomic E-state index is 0.189. The number of carbonyl (C=O) groups is 1. The van der Waals surface area contributed by atoms with Gasteiger partial charge in [-0.05, 0) is 12.8 Å². The summed E-state index contributed by atoms with van der Waals surface area (Å²) in [6, 6.07) is -0.817. The highest BCUT2D eigenvalue weighted by Crippen LogP contribution is 2.36.